The predicted octanol–water partition coefficient (Wildman–Crippen LogP) is 3.67. The molecule has 0 amide bonds. The molecule has 1 aromatic heterocycles. The Morgan fingerprint density at radius 3 is 2.55 bits per heavy atom. The van der Waals surface area contributed by atoms with Crippen LogP contribution >= 0.6 is 22.6 Å². The van der Waals surface area contributed by atoms with Gasteiger partial charge in [-0.2, -0.15) is 0 Å². The van der Waals surface area contributed by atoms with Crippen molar-refractivity contribution >= 4 is 28.4 Å². The Bertz CT molecular complexity index is 470. The number of hydrogen-bond acceptors (Lipinski definition) is 4. The fourth-order valence-electron chi connectivity index (χ4n) is 2.87. The molecule has 0 unspecified atom stereocenters. The van der Waals surface area contributed by atoms with Crippen LogP contribution in [0.4, 0.5) is 5.82 Å². The maximum atomic E-state index is 6.09. The first-order valence-electron chi connectivity index (χ1n) is 7.40. The normalized spacial score (nSPS) is 26.7. The van der Waals surface area contributed by atoms with Crippen LogP contribution in [0.25, 0.3) is 0 Å². The van der Waals surface area contributed by atoms with Gasteiger partial charge in [0, 0.05) is 7.11 Å². The maximum absolute atomic E-state index is 6.09. The number of ether oxygens (including phenoxy) is 1. The third kappa shape index (κ3) is 3.08. The number of anilines is 1. The molecule has 5 heteroatoms. The van der Waals surface area contributed by atoms with Crippen LogP contribution in [0, 0.1) is 9.49 Å². The minimum Gasteiger partial charge on any atom is -0.383 e. The summed E-state index contributed by atoms with van der Waals surface area (Å²) in [6, 6.07) is 0. The largest absolute Gasteiger partial charge is 0.383 e. The van der Waals surface area contributed by atoms with Crippen LogP contribution in [-0.2, 0) is 16.8 Å². The van der Waals surface area contributed by atoms with E-state index in [0.717, 1.165) is 59.5 Å². The SMILES string of the molecule is CCCc1nc(C2(OC)CCC(C)CC2)nc(N)c1I. The first-order valence-corrected chi connectivity index (χ1v) is 8.47. The molecule has 0 radical (unpaired) electrons. The van der Waals surface area contributed by atoms with E-state index in [1.165, 1.54) is 0 Å². The molecule has 4 nitrogen and oxygen atoms in total. The Kier molecular flexibility index (Phi) is 5.23. The summed E-state index contributed by atoms with van der Waals surface area (Å²) in [5.74, 6) is 2.14. The number of aromatic nitrogens is 2. The first kappa shape index (κ1) is 15.9. The van der Waals surface area contributed by atoms with E-state index in [-0.39, 0.29) is 5.60 Å². The quantitative estimate of drug-likeness (QED) is 0.799. The lowest BCUT2D eigenvalue weighted by molar-refractivity contribution is -0.0598. The molecule has 0 aliphatic heterocycles. The van der Waals surface area contributed by atoms with Crippen LogP contribution in [0.1, 0.15) is 57.5 Å². The van der Waals surface area contributed by atoms with Crippen LogP contribution < -0.4 is 5.73 Å². The molecular weight excluding hydrogens is 365 g/mol. The Labute approximate surface area is 135 Å². The van der Waals surface area contributed by atoms with Crippen molar-refractivity contribution in [2.45, 2.75) is 58.0 Å². The average molecular weight is 389 g/mol. The molecule has 1 saturated carbocycles. The van der Waals surface area contributed by atoms with Gasteiger partial charge in [0.2, 0.25) is 0 Å². The van der Waals surface area contributed by atoms with E-state index in [9.17, 15) is 0 Å². The lowest BCUT2D eigenvalue weighted by Crippen LogP contribution is -2.35. The number of methoxy groups -OCH3 is 1. The highest BCUT2D eigenvalue weighted by atomic mass is 127. The molecule has 1 aromatic rings. The molecule has 1 fully saturated rings. The van der Waals surface area contributed by atoms with Gasteiger partial charge in [-0.25, -0.2) is 9.97 Å². The number of rotatable bonds is 4. The molecule has 1 heterocycles. The van der Waals surface area contributed by atoms with Gasteiger partial charge in [-0.05, 0) is 60.6 Å². The predicted molar refractivity (Wildman–Crippen MR) is 89.5 cm³/mol. The summed E-state index contributed by atoms with van der Waals surface area (Å²) in [6.45, 7) is 4.45. The van der Waals surface area contributed by atoms with E-state index in [1.807, 2.05) is 0 Å². The molecule has 20 heavy (non-hydrogen) atoms. The fourth-order valence-corrected chi connectivity index (χ4v) is 3.38. The van der Waals surface area contributed by atoms with Gasteiger partial charge in [-0.15, -0.1) is 0 Å². The highest BCUT2D eigenvalue weighted by Gasteiger charge is 2.39. The van der Waals surface area contributed by atoms with Crippen molar-refractivity contribution < 1.29 is 4.74 Å². The summed E-state index contributed by atoms with van der Waals surface area (Å²) in [5.41, 5.74) is 6.81. The van der Waals surface area contributed by atoms with Gasteiger partial charge in [0.15, 0.2) is 5.82 Å². The van der Waals surface area contributed by atoms with Crippen molar-refractivity contribution in [2.24, 2.45) is 5.92 Å². The zero-order chi connectivity index (χ0) is 14.8. The van der Waals surface area contributed by atoms with Crippen molar-refractivity contribution in [2.75, 3.05) is 12.8 Å². The molecule has 0 saturated heterocycles. The molecular formula is C15H24IN3O. The number of hydrogen-bond donors (Lipinski definition) is 1. The molecule has 2 rings (SSSR count). The van der Waals surface area contributed by atoms with E-state index in [0.29, 0.717) is 5.82 Å². The monoisotopic (exact) mass is 389 g/mol. The second-order valence-electron chi connectivity index (χ2n) is 5.82. The van der Waals surface area contributed by atoms with Crippen molar-refractivity contribution in [3.63, 3.8) is 0 Å². The number of nitrogen functional groups attached to an aromatic ring is 1. The van der Waals surface area contributed by atoms with Gasteiger partial charge in [0.25, 0.3) is 0 Å². The lowest BCUT2D eigenvalue weighted by atomic mass is 9.79. The van der Waals surface area contributed by atoms with Gasteiger partial charge < -0.3 is 10.5 Å². The van der Waals surface area contributed by atoms with Gasteiger partial charge in [-0.1, -0.05) is 20.3 Å². The first-order chi connectivity index (χ1) is 9.52. The summed E-state index contributed by atoms with van der Waals surface area (Å²) in [4.78, 5) is 9.33. The van der Waals surface area contributed by atoms with Gasteiger partial charge in [-0.3, -0.25) is 0 Å². The van der Waals surface area contributed by atoms with Crippen molar-refractivity contribution in [3.05, 3.63) is 15.1 Å². The summed E-state index contributed by atoms with van der Waals surface area (Å²) in [5, 5.41) is 0. The number of halogens is 1. The third-order valence-electron chi connectivity index (χ3n) is 4.31. The van der Waals surface area contributed by atoms with E-state index in [1.54, 1.807) is 7.11 Å². The minimum atomic E-state index is -0.340. The second kappa shape index (κ2) is 6.56. The van der Waals surface area contributed by atoms with E-state index in [2.05, 4.69) is 41.4 Å². The standard InChI is InChI=1S/C15H24IN3O/c1-4-5-11-12(16)13(17)19-14(18-11)15(20-3)8-6-10(2)7-9-15/h10H,4-9H2,1-3H3,(H2,17,18,19). The molecule has 1 aliphatic carbocycles. The van der Waals surface area contributed by atoms with E-state index < -0.39 is 0 Å². The zero-order valence-electron chi connectivity index (χ0n) is 12.6. The highest BCUT2D eigenvalue weighted by molar-refractivity contribution is 14.1. The van der Waals surface area contributed by atoms with Crippen LogP contribution in [-0.4, -0.2) is 17.1 Å². The van der Waals surface area contributed by atoms with Crippen LogP contribution in [0.15, 0.2) is 0 Å². The van der Waals surface area contributed by atoms with Crippen molar-refractivity contribution in [1.29, 1.82) is 0 Å². The lowest BCUT2D eigenvalue weighted by Gasteiger charge is -2.37. The highest BCUT2D eigenvalue weighted by Crippen LogP contribution is 2.41. The van der Waals surface area contributed by atoms with E-state index in [4.69, 9.17) is 15.5 Å². The van der Waals surface area contributed by atoms with Crippen LogP contribution in [0.3, 0.4) is 0 Å². The van der Waals surface area contributed by atoms with E-state index >= 15 is 0 Å². The number of aryl methyl sites for hydroxylation is 1. The average Bonchev–Trinajstić information content (AvgIpc) is 2.45. The van der Waals surface area contributed by atoms with Gasteiger partial charge in [0.1, 0.15) is 11.4 Å². The molecule has 2 N–H and O–H groups in total. The Morgan fingerprint density at radius 2 is 2.00 bits per heavy atom. The number of nitrogens with zero attached hydrogens (tertiary/aromatic N) is 2. The smallest absolute Gasteiger partial charge is 0.162 e. The maximum Gasteiger partial charge on any atom is 0.162 e. The minimum absolute atomic E-state index is 0.340. The molecule has 0 atom stereocenters. The second-order valence-corrected chi connectivity index (χ2v) is 6.90. The molecule has 0 bridgehead atoms. The summed E-state index contributed by atoms with van der Waals surface area (Å²) >= 11 is 2.25. The summed E-state index contributed by atoms with van der Waals surface area (Å²) in [6.07, 6.45) is 6.28. The summed E-state index contributed by atoms with van der Waals surface area (Å²) < 4.78 is 6.85. The zero-order valence-corrected chi connectivity index (χ0v) is 14.7. The molecule has 0 spiro atoms. The van der Waals surface area contributed by atoms with Crippen LogP contribution in [0.2, 0.25) is 0 Å². The number of nitrogens with two attached hydrogens (primary N) is 1. The van der Waals surface area contributed by atoms with Crippen LogP contribution in [0.5, 0.6) is 0 Å². The summed E-state index contributed by atoms with van der Waals surface area (Å²) in [7, 11) is 1.77. The Balaban J connectivity index is 2.39. The van der Waals surface area contributed by atoms with Crippen molar-refractivity contribution in [3.8, 4) is 0 Å². The topological polar surface area (TPSA) is 61.0 Å². The molecule has 0 aromatic carbocycles. The third-order valence-corrected chi connectivity index (χ3v) is 5.49. The Morgan fingerprint density at radius 1 is 1.35 bits per heavy atom. The Hall–Kier alpha value is -0.430. The fraction of sp³-hybridized carbons (Fsp3) is 0.733. The molecule has 1 aliphatic rings. The van der Waals surface area contributed by atoms with Gasteiger partial charge >= 0.3 is 0 Å². The molecule has 112 valence electrons. The van der Waals surface area contributed by atoms with Gasteiger partial charge in [0.05, 0.1) is 9.26 Å². The van der Waals surface area contributed by atoms with Crippen molar-refractivity contribution in [1.82, 2.24) is 9.97 Å².